The van der Waals surface area contributed by atoms with E-state index in [0.29, 0.717) is 0 Å². The van der Waals surface area contributed by atoms with Gasteiger partial charge < -0.3 is 9.47 Å². The van der Waals surface area contributed by atoms with E-state index in [9.17, 15) is 13.2 Å². The molecule has 7 nitrogen and oxygen atoms in total. The lowest BCUT2D eigenvalue weighted by Gasteiger charge is -2.16. The second kappa shape index (κ2) is 7.55. The van der Waals surface area contributed by atoms with Crippen LogP contribution in [-0.2, 0) is 24.5 Å². The molecule has 0 aromatic heterocycles. The van der Waals surface area contributed by atoms with Crippen molar-refractivity contribution in [3.8, 4) is 0 Å². The number of likely N-dealkylation sites (N-methyl/N-ethyl adjacent to an activating group) is 1. The van der Waals surface area contributed by atoms with Gasteiger partial charge in [-0.05, 0) is 6.92 Å². The van der Waals surface area contributed by atoms with Crippen molar-refractivity contribution in [1.29, 1.82) is 0 Å². The van der Waals surface area contributed by atoms with Gasteiger partial charge in [-0.25, -0.2) is 0 Å². The number of ether oxygens (including phenoxy) is 2. The summed E-state index contributed by atoms with van der Waals surface area (Å²) in [6.07, 6.45) is 0. The van der Waals surface area contributed by atoms with Gasteiger partial charge in [0.05, 0.1) is 13.2 Å². The molecule has 0 saturated heterocycles. The molecule has 0 spiro atoms. The van der Waals surface area contributed by atoms with Crippen molar-refractivity contribution in [3.05, 3.63) is 0 Å². The molecule has 0 heterocycles. The first-order valence-corrected chi connectivity index (χ1v) is 6.23. The molecule has 0 fully saturated rings. The van der Waals surface area contributed by atoms with Gasteiger partial charge in [0.1, 0.15) is 6.54 Å². The van der Waals surface area contributed by atoms with E-state index in [2.05, 4.69) is 9.46 Å². The third-order valence-electron chi connectivity index (χ3n) is 1.66. The highest BCUT2D eigenvalue weighted by molar-refractivity contribution is 7.87. The highest BCUT2D eigenvalue weighted by Gasteiger charge is 2.20. The van der Waals surface area contributed by atoms with E-state index in [1.165, 1.54) is 14.2 Å². The van der Waals surface area contributed by atoms with E-state index < -0.39 is 16.2 Å². The van der Waals surface area contributed by atoms with Gasteiger partial charge in [-0.1, -0.05) is 0 Å². The Morgan fingerprint density at radius 2 is 2.06 bits per heavy atom. The highest BCUT2D eigenvalue weighted by atomic mass is 32.2. The van der Waals surface area contributed by atoms with Crippen LogP contribution in [0.1, 0.15) is 6.92 Å². The van der Waals surface area contributed by atoms with Crippen molar-refractivity contribution < 1.29 is 22.7 Å². The molecule has 0 rings (SSSR count). The summed E-state index contributed by atoms with van der Waals surface area (Å²) in [7, 11) is -0.877. The molecule has 0 saturated carbocycles. The average molecular weight is 254 g/mol. The number of carbonyl (C=O) groups is 1. The predicted molar refractivity (Wildman–Crippen MR) is 58.1 cm³/mol. The minimum Gasteiger partial charge on any atom is -0.465 e. The molecule has 16 heavy (non-hydrogen) atoms. The second-order valence-electron chi connectivity index (χ2n) is 2.95. The number of esters is 1. The Morgan fingerprint density at radius 3 is 2.56 bits per heavy atom. The van der Waals surface area contributed by atoms with Gasteiger partial charge in [0.15, 0.2) is 0 Å². The number of nitrogens with zero attached hydrogens (tertiary/aromatic N) is 1. The summed E-state index contributed by atoms with van der Waals surface area (Å²) in [4.78, 5) is 11.0. The number of nitrogens with one attached hydrogen (secondary N) is 1. The molecule has 0 aromatic rings. The van der Waals surface area contributed by atoms with Gasteiger partial charge in [0.2, 0.25) is 0 Å². The van der Waals surface area contributed by atoms with Crippen LogP contribution in [0.2, 0.25) is 0 Å². The quantitative estimate of drug-likeness (QED) is 0.442. The molecule has 0 bridgehead atoms. The fourth-order valence-corrected chi connectivity index (χ4v) is 1.69. The van der Waals surface area contributed by atoms with Crippen LogP contribution >= 0.6 is 0 Å². The normalized spacial score (nSPS) is 11.8. The van der Waals surface area contributed by atoms with Gasteiger partial charge in [-0.3, -0.25) is 4.79 Å². The van der Waals surface area contributed by atoms with E-state index in [0.717, 1.165) is 4.31 Å². The van der Waals surface area contributed by atoms with Crippen molar-refractivity contribution in [3.63, 3.8) is 0 Å². The maximum atomic E-state index is 11.5. The van der Waals surface area contributed by atoms with Crippen LogP contribution in [-0.4, -0.2) is 59.2 Å². The lowest BCUT2D eigenvalue weighted by atomic mass is 10.6. The van der Waals surface area contributed by atoms with Gasteiger partial charge in [-0.15, -0.1) is 0 Å². The van der Waals surface area contributed by atoms with Crippen LogP contribution in [0.4, 0.5) is 0 Å². The zero-order valence-corrected chi connectivity index (χ0v) is 10.5. The molecule has 0 amide bonds. The second-order valence-corrected chi connectivity index (χ2v) is 4.82. The van der Waals surface area contributed by atoms with Gasteiger partial charge in [0.25, 0.3) is 10.2 Å². The molecule has 1 N–H and O–H groups in total. The van der Waals surface area contributed by atoms with Crippen LogP contribution in [0.25, 0.3) is 0 Å². The van der Waals surface area contributed by atoms with Crippen molar-refractivity contribution in [2.45, 2.75) is 6.92 Å². The molecule has 0 aliphatic heterocycles. The number of hydrogen-bond acceptors (Lipinski definition) is 5. The summed E-state index contributed by atoms with van der Waals surface area (Å²) in [5, 5.41) is 0. The van der Waals surface area contributed by atoms with E-state index in [1.54, 1.807) is 6.92 Å². The first kappa shape index (κ1) is 15.3. The van der Waals surface area contributed by atoms with Crippen LogP contribution in [0.15, 0.2) is 0 Å². The molecule has 0 unspecified atom stereocenters. The van der Waals surface area contributed by atoms with Crippen LogP contribution < -0.4 is 4.72 Å². The Labute approximate surface area is 95.9 Å². The molecule has 96 valence electrons. The predicted octanol–water partition coefficient (Wildman–Crippen LogP) is -1.04. The molecule has 8 heteroatoms. The van der Waals surface area contributed by atoms with Crippen molar-refractivity contribution in [2.24, 2.45) is 0 Å². The third kappa shape index (κ3) is 6.01. The largest absolute Gasteiger partial charge is 0.465 e. The van der Waals surface area contributed by atoms with Gasteiger partial charge >= 0.3 is 5.97 Å². The monoisotopic (exact) mass is 254 g/mol. The molecular weight excluding hydrogens is 236 g/mol. The summed E-state index contributed by atoms with van der Waals surface area (Å²) in [5.41, 5.74) is 0. The smallest absolute Gasteiger partial charge is 0.321 e. The SMILES string of the molecule is CCOC(=O)CN(C)S(=O)(=O)NCCOC. The molecule has 0 aliphatic carbocycles. The summed E-state index contributed by atoms with van der Waals surface area (Å²) in [6, 6.07) is 0. The third-order valence-corrected chi connectivity index (χ3v) is 3.18. The molecule has 0 radical (unpaired) electrons. The summed E-state index contributed by atoms with van der Waals surface area (Å²) in [6.45, 7) is 2.00. The first-order valence-electron chi connectivity index (χ1n) is 4.79. The average Bonchev–Trinajstić information content (AvgIpc) is 2.18. The first-order chi connectivity index (χ1) is 7.44. The topological polar surface area (TPSA) is 84.9 Å². The Hall–Kier alpha value is -0.700. The number of rotatable bonds is 8. The van der Waals surface area contributed by atoms with Gasteiger partial charge in [0, 0.05) is 20.7 Å². The maximum Gasteiger partial charge on any atom is 0.321 e. The van der Waals surface area contributed by atoms with Crippen LogP contribution in [0, 0.1) is 0 Å². The lowest BCUT2D eigenvalue weighted by Crippen LogP contribution is -2.42. The van der Waals surface area contributed by atoms with Crippen LogP contribution in [0.3, 0.4) is 0 Å². The zero-order valence-electron chi connectivity index (χ0n) is 9.73. The minimum atomic E-state index is -3.64. The zero-order chi connectivity index (χ0) is 12.6. The highest BCUT2D eigenvalue weighted by Crippen LogP contribution is 1.94. The van der Waals surface area contributed by atoms with Crippen LogP contribution in [0.5, 0.6) is 0 Å². The fraction of sp³-hybridized carbons (Fsp3) is 0.875. The Morgan fingerprint density at radius 1 is 1.44 bits per heavy atom. The minimum absolute atomic E-state index is 0.159. The van der Waals surface area contributed by atoms with Crippen molar-refractivity contribution in [1.82, 2.24) is 9.03 Å². The molecule has 0 atom stereocenters. The molecular formula is C8H18N2O5S. The molecule has 0 aromatic carbocycles. The number of carbonyl (C=O) groups excluding carboxylic acids is 1. The standard InChI is InChI=1S/C8H18N2O5S/c1-4-15-8(11)7-10(2)16(12,13)9-5-6-14-3/h9H,4-7H2,1-3H3. The number of hydrogen-bond donors (Lipinski definition) is 1. The fourth-order valence-electron chi connectivity index (χ4n) is 0.856. The summed E-state index contributed by atoms with van der Waals surface area (Å²) >= 11 is 0. The lowest BCUT2D eigenvalue weighted by molar-refractivity contribution is -0.143. The van der Waals surface area contributed by atoms with E-state index in [4.69, 9.17) is 4.74 Å². The molecule has 0 aliphatic rings. The summed E-state index contributed by atoms with van der Waals surface area (Å²) < 4.78 is 35.5. The Bertz CT molecular complexity index is 304. The Kier molecular flexibility index (Phi) is 7.22. The van der Waals surface area contributed by atoms with E-state index >= 15 is 0 Å². The number of methoxy groups -OCH3 is 1. The van der Waals surface area contributed by atoms with Crippen molar-refractivity contribution >= 4 is 16.2 Å². The van der Waals surface area contributed by atoms with E-state index in [-0.39, 0.29) is 26.3 Å². The Balaban J connectivity index is 4.13. The summed E-state index contributed by atoms with van der Waals surface area (Å²) in [5.74, 6) is -0.581. The van der Waals surface area contributed by atoms with E-state index in [1.807, 2.05) is 0 Å². The van der Waals surface area contributed by atoms with Crippen molar-refractivity contribution in [2.75, 3.05) is 40.5 Å². The maximum absolute atomic E-state index is 11.5. The van der Waals surface area contributed by atoms with Gasteiger partial charge in [-0.2, -0.15) is 17.4 Å².